The van der Waals surface area contributed by atoms with E-state index in [9.17, 15) is 4.79 Å². The van der Waals surface area contributed by atoms with Crippen LogP contribution in [0.15, 0.2) is 24.3 Å². The van der Waals surface area contributed by atoms with E-state index < -0.39 is 0 Å². The van der Waals surface area contributed by atoms with Crippen LogP contribution >= 0.6 is 11.3 Å². The lowest BCUT2D eigenvalue weighted by Gasteiger charge is -2.16. The predicted molar refractivity (Wildman–Crippen MR) is 83.1 cm³/mol. The molecular formula is C14H18N4OS. The van der Waals surface area contributed by atoms with E-state index in [1.807, 2.05) is 38.1 Å². The molecule has 0 fully saturated rings. The van der Waals surface area contributed by atoms with Crippen LogP contribution in [0.5, 0.6) is 0 Å². The maximum Gasteiger partial charge on any atom is 0.265 e. The number of hydrogen-bond acceptors (Lipinski definition) is 5. The molecule has 5 nitrogen and oxygen atoms in total. The van der Waals surface area contributed by atoms with Crippen LogP contribution in [0.3, 0.4) is 0 Å². The highest BCUT2D eigenvalue weighted by molar-refractivity contribution is 7.18. The molecule has 1 atom stereocenters. The number of amides is 1. The second-order valence-electron chi connectivity index (χ2n) is 4.54. The minimum Gasteiger partial charge on any atom is -0.382 e. The molecule has 0 aliphatic carbocycles. The van der Waals surface area contributed by atoms with Crippen molar-refractivity contribution in [2.45, 2.75) is 19.9 Å². The van der Waals surface area contributed by atoms with Crippen molar-refractivity contribution in [2.75, 3.05) is 18.1 Å². The van der Waals surface area contributed by atoms with Crippen LogP contribution in [-0.2, 0) is 0 Å². The third kappa shape index (κ3) is 2.91. The van der Waals surface area contributed by atoms with Crippen LogP contribution in [0.1, 0.15) is 33.8 Å². The number of benzene rings is 1. The first kappa shape index (κ1) is 14.3. The zero-order valence-corrected chi connectivity index (χ0v) is 12.5. The summed E-state index contributed by atoms with van der Waals surface area (Å²) in [6.07, 6.45) is 0. The highest BCUT2D eigenvalue weighted by Gasteiger charge is 2.18. The summed E-state index contributed by atoms with van der Waals surface area (Å²) in [5, 5.41) is 6.48. The first-order valence-corrected chi connectivity index (χ1v) is 7.15. The normalized spacial score (nSPS) is 11.9. The average Bonchev–Trinajstić information content (AvgIpc) is 2.80. The fourth-order valence-electron chi connectivity index (χ4n) is 2.01. The van der Waals surface area contributed by atoms with Gasteiger partial charge in [-0.05, 0) is 25.0 Å². The van der Waals surface area contributed by atoms with Gasteiger partial charge >= 0.3 is 0 Å². The third-order valence-electron chi connectivity index (χ3n) is 3.08. The van der Waals surface area contributed by atoms with Gasteiger partial charge in [-0.3, -0.25) is 4.79 Å². The van der Waals surface area contributed by atoms with Crippen molar-refractivity contribution in [3.63, 3.8) is 0 Å². The Morgan fingerprint density at radius 2 is 2.10 bits per heavy atom. The van der Waals surface area contributed by atoms with Gasteiger partial charge in [-0.2, -0.15) is 0 Å². The number of nitrogen functional groups attached to an aromatic ring is 1. The second kappa shape index (κ2) is 5.92. The minimum atomic E-state index is -0.197. The molecule has 0 saturated heterocycles. The Balaban J connectivity index is 2.15. The molecule has 0 saturated carbocycles. The zero-order chi connectivity index (χ0) is 14.7. The Kier molecular flexibility index (Phi) is 4.24. The van der Waals surface area contributed by atoms with E-state index in [1.165, 1.54) is 11.3 Å². The maximum atomic E-state index is 12.2. The molecule has 2 rings (SSSR count). The molecule has 0 aliphatic heterocycles. The summed E-state index contributed by atoms with van der Waals surface area (Å²) >= 11 is 1.25. The molecule has 106 valence electrons. The molecule has 0 radical (unpaired) electrons. The molecule has 0 aliphatic rings. The number of anilines is 2. The summed E-state index contributed by atoms with van der Waals surface area (Å²) in [5.74, 6) is 0.0612. The van der Waals surface area contributed by atoms with Crippen LogP contribution in [0.25, 0.3) is 0 Å². The summed E-state index contributed by atoms with van der Waals surface area (Å²) < 4.78 is 0. The lowest BCUT2D eigenvalue weighted by Crippen LogP contribution is -2.27. The Labute approximate surface area is 122 Å². The first-order valence-electron chi connectivity index (χ1n) is 6.33. The molecule has 1 amide bonds. The average molecular weight is 290 g/mol. The molecule has 1 unspecified atom stereocenters. The fourth-order valence-corrected chi connectivity index (χ4v) is 2.76. The lowest BCUT2D eigenvalue weighted by atomic mass is 10.0. The zero-order valence-electron chi connectivity index (χ0n) is 11.7. The van der Waals surface area contributed by atoms with Gasteiger partial charge in [0.1, 0.15) is 10.7 Å². The molecule has 2 aromatic rings. The quantitative estimate of drug-likeness (QED) is 0.808. The van der Waals surface area contributed by atoms with Crippen molar-refractivity contribution in [3.8, 4) is 0 Å². The first-order chi connectivity index (χ1) is 9.52. The van der Waals surface area contributed by atoms with Crippen LogP contribution in [-0.4, -0.2) is 17.9 Å². The summed E-state index contributed by atoms with van der Waals surface area (Å²) in [6.45, 7) is 3.98. The van der Waals surface area contributed by atoms with Crippen molar-refractivity contribution in [3.05, 3.63) is 40.3 Å². The van der Waals surface area contributed by atoms with Gasteiger partial charge < -0.3 is 16.4 Å². The molecule has 20 heavy (non-hydrogen) atoms. The van der Waals surface area contributed by atoms with Crippen LogP contribution < -0.4 is 16.4 Å². The lowest BCUT2D eigenvalue weighted by molar-refractivity contribution is 0.0944. The molecule has 0 bridgehead atoms. The number of carbonyl (C=O) groups is 1. The molecule has 1 aromatic heterocycles. The van der Waals surface area contributed by atoms with Gasteiger partial charge in [-0.1, -0.05) is 35.6 Å². The number of carbonyl (C=O) groups excluding carboxylic acids is 1. The fraction of sp³-hybridized carbons (Fsp3) is 0.286. The van der Waals surface area contributed by atoms with Crippen molar-refractivity contribution in [1.82, 2.24) is 10.3 Å². The van der Waals surface area contributed by atoms with E-state index in [-0.39, 0.29) is 17.8 Å². The number of thiazole rings is 1. The number of nitrogens with two attached hydrogens (primary N) is 1. The van der Waals surface area contributed by atoms with E-state index in [1.54, 1.807) is 7.05 Å². The van der Waals surface area contributed by atoms with E-state index in [2.05, 4.69) is 15.6 Å². The van der Waals surface area contributed by atoms with Crippen LogP contribution in [0.4, 0.5) is 10.9 Å². The topological polar surface area (TPSA) is 80.0 Å². The second-order valence-corrected chi connectivity index (χ2v) is 5.53. The Morgan fingerprint density at radius 1 is 1.40 bits per heavy atom. The third-order valence-corrected chi connectivity index (χ3v) is 4.16. The number of nitrogens with one attached hydrogen (secondary N) is 2. The molecule has 1 aromatic carbocycles. The van der Waals surface area contributed by atoms with Gasteiger partial charge in [0.05, 0.1) is 6.04 Å². The van der Waals surface area contributed by atoms with Crippen molar-refractivity contribution < 1.29 is 4.79 Å². The van der Waals surface area contributed by atoms with E-state index in [4.69, 9.17) is 5.73 Å². The van der Waals surface area contributed by atoms with Crippen molar-refractivity contribution in [1.29, 1.82) is 0 Å². The minimum absolute atomic E-state index is 0.0803. The smallest absolute Gasteiger partial charge is 0.265 e. The van der Waals surface area contributed by atoms with E-state index >= 15 is 0 Å². The number of rotatable bonds is 4. The molecule has 6 heteroatoms. The maximum absolute atomic E-state index is 12.2. The van der Waals surface area contributed by atoms with Gasteiger partial charge in [-0.15, -0.1) is 0 Å². The summed E-state index contributed by atoms with van der Waals surface area (Å²) in [7, 11) is 1.75. The summed E-state index contributed by atoms with van der Waals surface area (Å²) in [4.78, 5) is 16.8. The van der Waals surface area contributed by atoms with Gasteiger partial charge in [0.2, 0.25) is 0 Å². The molecule has 1 heterocycles. The largest absolute Gasteiger partial charge is 0.382 e. The Hall–Kier alpha value is -2.08. The standard InChI is InChI=1S/C14H18N4OS/c1-8-6-4-5-7-10(8)9(2)17-13(19)11-12(15)18-14(16-3)20-11/h4-7,9H,15H2,1-3H3,(H,16,18)(H,17,19). The van der Waals surface area contributed by atoms with Crippen LogP contribution in [0, 0.1) is 6.92 Å². The monoisotopic (exact) mass is 290 g/mol. The number of nitrogens with zero attached hydrogens (tertiary/aromatic N) is 1. The Bertz CT molecular complexity index is 623. The van der Waals surface area contributed by atoms with Gasteiger partial charge in [0.15, 0.2) is 5.13 Å². The van der Waals surface area contributed by atoms with E-state index in [0.717, 1.165) is 11.1 Å². The summed E-state index contributed by atoms with van der Waals surface area (Å²) in [6, 6.07) is 7.90. The predicted octanol–water partition coefficient (Wildman–Crippen LogP) is 2.57. The molecule has 4 N–H and O–H groups in total. The summed E-state index contributed by atoms with van der Waals surface area (Å²) in [5.41, 5.74) is 8.00. The molecule has 0 spiro atoms. The molecular weight excluding hydrogens is 272 g/mol. The number of aromatic nitrogens is 1. The highest BCUT2D eigenvalue weighted by Crippen LogP contribution is 2.25. The van der Waals surface area contributed by atoms with Crippen molar-refractivity contribution >= 4 is 28.2 Å². The van der Waals surface area contributed by atoms with Crippen molar-refractivity contribution in [2.24, 2.45) is 0 Å². The van der Waals surface area contributed by atoms with E-state index in [0.29, 0.717) is 10.0 Å². The number of hydrogen-bond donors (Lipinski definition) is 3. The highest BCUT2D eigenvalue weighted by atomic mass is 32.1. The SMILES string of the molecule is CNc1nc(N)c(C(=O)NC(C)c2ccccc2C)s1. The van der Waals surface area contributed by atoms with Gasteiger partial charge in [-0.25, -0.2) is 4.98 Å². The van der Waals surface area contributed by atoms with Gasteiger partial charge in [0, 0.05) is 7.05 Å². The Morgan fingerprint density at radius 3 is 2.70 bits per heavy atom. The number of aryl methyl sites for hydroxylation is 1. The van der Waals surface area contributed by atoms with Crippen LogP contribution in [0.2, 0.25) is 0 Å². The van der Waals surface area contributed by atoms with Gasteiger partial charge in [0.25, 0.3) is 5.91 Å².